The average molecular weight is 434 g/mol. The van der Waals surface area contributed by atoms with E-state index in [1.54, 1.807) is 0 Å². The topological polar surface area (TPSA) is 0 Å². The molecule has 3 aromatic carbocycles. The number of hydrogen-bond donors (Lipinski definition) is 0. The van der Waals surface area contributed by atoms with Crippen LogP contribution >= 0.6 is 0 Å². The highest BCUT2D eigenvalue weighted by Crippen LogP contribution is 2.43. The quantitative estimate of drug-likeness (QED) is 0.220. The van der Waals surface area contributed by atoms with Crippen LogP contribution in [0.25, 0.3) is 22.3 Å². The first-order valence-electron chi connectivity index (χ1n) is 10.2. The molecular weight excluding hydrogens is 414 g/mol. The van der Waals surface area contributed by atoms with Gasteiger partial charge in [-0.05, 0) is 58.9 Å². The van der Waals surface area contributed by atoms with Crippen LogP contribution in [0, 0.1) is 17.5 Å². The molecule has 0 radical (unpaired) electrons. The van der Waals surface area contributed by atoms with Gasteiger partial charge in [0.25, 0.3) is 0 Å². The number of fused-ring (bicyclic) bond motifs is 3. The predicted molar refractivity (Wildman–Crippen MR) is 108 cm³/mol. The van der Waals surface area contributed by atoms with Gasteiger partial charge in [0.05, 0.1) is 11.1 Å². The van der Waals surface area contributed by atoms with Crippen molar-refractivity contribution in [1.29, 1.82) is 0 Å². The number of halogens is 6. The summed E-state index contributed by atoms with van der Waals surface area (Å²) in [5, 5.41) is 0. The number of aryl methyl sites for hydroxylation is 1. The highest BCUT2D eigenvalue weighted by Gasteiger charge is 2.34. The van der Waals surface area contributed by atoms with E-state index in [-0.39, 0.29) is 17.5 Å². The summed E-state index contributed by atoms with van der Waals surface area (Å²) < 4.78 is 82.6. The van der Waals surface area contributed by atoms with Gasteiger partial charge in [0.15, 0.2) is 0 Å². The maximum absolute atomic E-state index is 15.3. The van der Waals surface area contributed by atoms with Crippen LogP contribution in [0.5, 0.6) is 0 Å². The summed E-state index contributed by atoms with van der Waals surface area (Å²) in [7, 11) is 0. The second-order valence-electron chi connectivity index (χ2n) is 7.89. The lowest BCUT2D eigenvalue weighted by atomic mass is 9.96. The number of unbranched alkanes of at least 4 members (excludes halogenated alkanes) is 2. The molecule has 0 amide bonds. The van der Waals surface area contributed by atoms with Gasteiger partial charge in [0.1, 0.15) is 17.5 Å². The van der Waals surface area contributed by atoms with Gasteiger partial charge in [0.2, 0.25) is 0 Å². The van der Waals surface area contributed by atoms with Gasteiger partial charge < -0.3 is 0 Å². The van der Waals surface area contributed by atoms with Crippen molar-refractivity contribution in [3.05, 3.63) is 82.2 Å². The molecule has 0 nitrogen and oxygen atoms in total. The first-order valence-corrected chi connectivity index (χ1v) is 10.2. The van der Waals surface area contributed by atoms with E-state index >= 15 is 4.39 Å². The fourth-order valence-electron chi connectivity index (χ4n) is 4.22. The molecule has 0 aliphatic heterocycles. The summed E-state index contributed by atoms with van der Waals surface area (Å²) in [6, 6.07) is 8.94. The molecule has 3 aromatic rings. The Morgan fingerprint density at radius 2 is 1.61 bits per heavy atom. The second kappa shape index (κ2) is 8.06. The van der Waals surface area contributed by atoms with Gasteiger partial charge in [-0.15, -0.1) is 0 Å². The Bertz CT molecular complexity index is 1140. The minimum Gasteiger partial charge on any atom is -0.206 e. The monoisotopic (exact) mass is 434 g/mol. The molecule has 0 saturated heterocycles. The van der Waals surface area contributed by atoms with Gasteiger partial charge in [-0.2, -0.15) is 13.2 Å². The summed E-state index contributed by atoms with van der Waals surface area (Å²) in [6.07, 6.45) is -0.444. The van der Waals surface area contributed by atoms with Gasteiger partial charge in [-0.25, -0.2) is 13.2 Å². The molecule has 1 aliphatic rings. The van der Waals surface area contributed by atoms with Crippen LogP contribution in [0.1, 0.15) is 48.4 Å². The Balaban J connectivity index is 1.72. The Labute approximate surface area is 176 Å². The van der Waals surface area contributed by atoms with Crippen molar-refractivity contribution in [2.75, 3.05) is 0 Å². The molecule has 31 heavy (non-hydrogen) atoms. The van der Waals surface area contributed by atoms with Gasteiger partial charge >= 0.3 is 6.18 Å². The zero-order valence-corrected chi connectivity index (χ0v) is 16.8. The molecule has 162 valence electrons. The third kappa shape index (κ3) is 3.95. The Morgan fingerprint density at radius 3 is 2.29 bits per heavy atom. The van der Waals surface area contributed by atoms with Crippen LogP contribution in [-0.4, -0.2) is 0 Å². The first-order chi connectivity index (χ1) is 14.7. The van der Waals surface area contributed by atoms with Crippen molar-refractivity contribution in [2.24, 2.45) is 0 Å². The van der Waals surface area contributed by atoms with Crippen molar-refractivity contribution in [3.63, 3.8) is 0 Å². The van der Waals surface area contributed by atoms with Crippen LogP contribution in [0.3, 0.4) is 0 Å². The summed E-state index contributed by atoms with van der Waals surface area (Å²) in [4.78, 5) is 0. The highest BCUT2D eigenvalue weighted by atomic mass is 19.4. The number of alkyl halides is 3. The molecule has 4 rings (SSSR count). The zero-order chi connectivity index (χ0) is 22.3. The van der Waals surface area contributed by atoms with Crippen LogP contribution in [0.4, 0.5) is 26.3 Å². The summed E-state index contributed by atoms with van der Waals surface area (Å²) in [6.45, 7) is 2.12. The molecule has 0 fully saturated rings. The largest absolute Gasteiger partial charge is 0.419 e. The fraction of sp³-hybridized carbons (Fsp3) is 0.280. The fourth-order valence-corrected chi connectivity index (χ4v) is 4.22. The molecule has 0 N–H and O–H groups in total. The lowest BCUT2D eigenvalue weighted by Crippen LogP contribution is -2.08. The average Bonchev–Trinajstić information content (AvgIpc) is 3.05. The van der Waals surface area contributed by atoms with Crippen molar-refractivity contribution >= 4 is 0 Å². The van der Waals surface area contributed by atoms with Crippen LogP contribution < -0.4 is 0 Å². The molecule has 0 bridgehead atoms. The maximum Gasteiger partial charge on any atom is 0.419 e. The Kier molecular flexibility index (Phi) is 5.58. The molecule has 0 saturated carbocycles. The molecular formula is C25H20F6. The van der Waals surface area contributed by atoms with Crippen LogP contribution in [0.15, 0.2) is 42.5 Å². The molecule has 1 aliphatic carbocycles. The Hall–Kier alpha value is -2.76. The predicted octanol–water partition coefficient (Wildman–Crippen LogP) is 8.09. The number of benzene rings is 3. The van der Waals surface area contributed by atoms with Crippen molar-refractivity contribution in [1.82, 2.24) is 0 Å². The van der Waals surface area contributed by atoms with E-state index in [0.717, 1.165) is 48.4 Å². The van der Waals surface area contributed by atoms with Crippen molar-refractivity contribution < 1.29 is 26.3 Å². The minimum absolute atomic E-state index is 0.258. The zero-order valence-electron chi connectivity index (χ0n) is 16.8. The smallest absolute Gasteiger partial charge is 0.206 e. The lowest BCUT2D eigenvalue weighted by molar-refractivity contribution is -0.139. The molecule has 0 unspecified atom stereocenters. The van der Waals surface area contributed by atoms with E-state index in [1.807, 2.05) is 18.2 Å². The van der Waals surface area contributed by atoms with E-state index in [9.17, 15) is 22.0 Å². The molecule has 0 atom stereocenters. The van der Waals surface area contributed by atoms with E-state index < -0.39 is 34.8 Å². The second-order valence-corrected chi connectivity index (χ2v) is 7.89. The van der Waals surface area contributed by atoms with Crippen molar-refractivity contribution in [3.8, 4) is 22.3 Å². The standard InChI is InChI=1S/C25H20F6/c1-2-3-4-5-14-6-8-17-16(10-14)11-19-18(17)13-22(27)23(24(19)28)15-7-9-20(21(26)12-15)25(29,30)31/h6-10,12-13H,2-5,11H2,1H3. The van der Waals surface area contributed by atoms with E-state index in [1.165, 1.54) is 6.07 Å². The normalized spacial score (nSPS) is 12.7. The molecule has 0 spiro atoms. The number of rotatable bonds is 5. The van der Waals surface area contributed by atoms with Crippen molar-refractivity contribution in [2.45, 2.75) is 45.2 Å². The third-order valence-electron chi connectivity index (χ3n) is 5.78. The van der Waals surface area contributed by atoms with Gasteiger partial charge in [0, 0.05) is 12.0 Å². The van der Waals surface area contributed by atoms with E-state index in [2.05, 4.69) is 6.92 Å². The lowest BCUT2D eigenvalue weighted by Gasteiger charge is -2.13. The SMILES string of the molecule is CCCCCc1ccc2c(c1)Cc1c-2cc(F)c(-c2ccc(C(F)(F)F)c(F)c2)c1F. The number of hydrogen-bond acceptors (Lipinski definition) is 0. The van der Waals surface area contributed by atoms with E-state index in [4.69, 9.17) is 0 Å². The van der Waals surface area contributed by atoms with Gasteiger partial charge in [-0.3, -0.25) is 0 Å². The van der Waals surface area contributed by atoms with Gasteiger partial charge in [-0.1, -0.05) is 44.0 Å². The molecule has 0 aromatic heterocycles. The Morgan fingerprint density at radius 1 is 0.839 bits per heavy atom. The summed E-state index contributed by atoms with van der Waals surface area (Å²) in [5.41, 5.74) is 1.22. The summed E-state index contributed by atoms with van der Waals surface area (Å²) in [5.74, 6) is -3.36. The highest BCUT2D eigenvalue weighted by molar-refractivity contribution is 5.81. The molecule has 0 heterocycles. The minimum atomic E-state index is -4.88. The summed E-state index contributed by atoms with van der Waals surface area (Å²) >= 11 is 0. The maximum atomic E-state index is 15.3. The molecule has 6 heteroatoms. The van der Waals surface area contributed by atoms with Crippen LogP contribution in [0.2, 0.25) is 0 Å². The third-order valence-corrected chi connectivity index (χ3v) is 5.78. The van der Waals surface area contributed by atoms with E-state index in [0.29, 0.717) is 17.7 Å². The van der Waals surface area contributed by atoms with Crippen LogP contribution in [-0.2, 0) is 19.0 Å². The first kappa shape index (κ1) is 21.5.